The van der Waals surface area contributed by atoms with Crippen LogP contribution in [0.2, 0.25) is 0 Å². The highest BCUT2D eigenvalue weighted by Crippen LogP contribution is 2.32. The number of hydrogen-bond acceptors (Lipinski definition) is 1. The quantitative estimate of drug-likeness (QED) is 0.594. The standard InChI is InChI=1S/C4H5F4NO/c1-3(5,6)4(7,8)2(9)10/h1H3,(H2,9,10). The van der Waals surface area contributed by atoms with E-state index >= 15 is 0 Å². The van der Waals surface area contributed by atoms with Crippen LogP contribution >= 0.6 is 0 Å². The van der Waals surface area contributed by atoms with Crippen LogP contribution in [-0.2, 0) is 4.79 Å². The van der Waals surface area contributed by atoms with Crippen LogP contribution in [0.1, 0.15) is 6.92 Å². The minimum atomic E-state index is -4.76. The smallest absolute Gasteiger partial charge is 0.364 e. The van der Waals surface area contributed by atoms with E-state index in [1.807, 2.05) is 0 Å². The summed E-state index contributed by atoms with van der Waals surface area (Å²) in [5.41, 5.74) is 3.99. The number of nitrogens with two attached hydrogens (primary N) is 1. The monoisotopic (exact) mass is 159 g/mol. The van der Waals surface area contributed by atoms with Crippen molar-refractivity contribution in [1.29, 1.82) is 0 Å². The molecule has 0 aliphatic heterocycles. The second-order valence-electron chi connectivity index (χ2n) is 1.83. The third-order valence-electron chi connectivity index (χ3n) is 0.861. The van der Waals surface area contributed by atoms with Crippen molar-refractivity contribution in [2.45, 2.75) is 18.8 Å². The summed E-state index contributed by atoms with van der Waals surface area (Å²) in [6.07, 6.45) is 0. The van der Waals surface area contributed by atoms with Crippen LogP contribution in [0.15, 0.2) is 0 Å². The van der Waals surface area contributed by atoms with Gasteiger partial charge in [0.2, 0.25) is 0 Å². The Morgan fingerprint density at radius 1 is 1.30 bits per heavy atom. The molecule has 0 unspecified atom stereocenters. The second kappa shape index (κ2) is 2.10. The van der Waals surface area contributed by atoms with Crippen molar-refractivity contribution in [2.75, 3.05) is 0 Å². The lowest BCUT2D eigenvalue weighted by Crippen LogP contribution is -2.48. The molecule has 0 aromatic rings. The SMILES string of the molecule is CC(F)(F)C(F)(F)C(N)=O. The van der Waals surface area contributed by atoms with Crippen molar-refractivity contribution in [3.8, 4) is 0 Å². The van der Waals surface area contributed by atoms with E-state index in [1.54, 1.807) is 0 Å². The highest BCUT2D eigenvalue weighted by Gasteiger charge is 2.57. The Labute approximate surface area is 54.0 Å². The van der Waals surface area contributed by atoms with Gasteiger partial charge in [0.1, 0.15) is 0 Å². The van der Waals surface area contributed by atoms with Crippen molar-refractivity contribution in [3.05, 3.63) is 0 Å². The average molecular weight is 159 g/mol. The van der Waals surface area contributed by atoms with Gasteiger partial charge >= 0.3 is 11.8 Å². The molecule has 0 atom stereocenters. The molecule has 0 aromatic carbocycles. The van der Waals surface area contributed by atoms with Crippen molar-refractivity contribution >= 4 is 5.91 Å². The third kappa shape index (κ3) is 1.37. The van der Waals surface area contributed by atoms with Gasteiger partial charge in [-0.1, -0.05) is 0 Å². The van der Waals surface area contributed by atoms with Crippen molar-refractivity contribution in [2.24, 2.45) is 5.73 Å². The molecule has 0 heterocycles. The zero-order valence-corrected chi connectivity index (χ0v) is 5.00. The lowest BCUT2D eigenvalue weighted by atomic mass is 10.2. The van der Waals surface area contributed by atoms with Crippen molar-refractivity contribution in [1.82, 2.24) is 0 Å². The molecule has 10 heavy (non-hydrogen) atoms. The van der Waals surface area contributed by atoms with E-state index < -0.39 is 17.8 Å². The largest absolute Gasteiger partial charge is 0.385 e. The number of alkyl halides is 4. The van der Waals surface area contributed by atoms with Gasteiger partial charge < -0.3 is 5.73 Å². The Balaban J connectivity index is 4.57. The molecule has 0 rings (SSSR count). The van der Waals surface area contributed by atoms with Crippen molar-refractivity contribution < 1.29 is 22.4 Å². The Morgan fingerprint density at radius 2 is 1.60 bits per heavy atom. The van der Waals surface area contributed by atoms with E-state index in [2.05, 4.69) is 5.73 Å². The lowest BCUT2D eigenvalue weighted by molar-refractivity contribution is -0.199. The van der Waals surface area contributed by atoms with Gasteiger partial charge in [-0.2, -0.15) is 17.6 Å². The van der Waals surface area contributed by atoms with Crippen LogP contribution in [0.5, 0.6) is 0 Å². The highest BCUT2D eigenvalue weighted by molar-refractivity contribution is 5.82. The van der Waals surface area contributed by atoms with E-state index in [-0.39, 0.29) is 6.92 Å². The Hall–Kier alpha value is -0.810. The summed E-state index contributed by atoms with van der Waals surface area (Å²) in [5.74, 6) is -11.5. The Morgan fingerprint density at radius 3 is 1.60 bits per heavy atom. The molecule has 6 heteroatoms. The van der Waals surface area contributed by atoms with Crippen molar-refractivity contribution in [3.63, 3.8) is 0 Å². The fraction of sp³-hybridized carbons (Fsp3) is 0.750. The van der Waals surface area contributed by atoms with Gasteiger partial charge in [-0.05, 0) is 0 Å². The van der Waals surface area contributed by atoms with Crippen LogP contribution in [0.3, 0.4) is 0 Å². The number of hydrogen-bond donors (Lipinski definition) is 1. The molecule has 0 bridgehead atoms. The fourth-order valence-corrected chi connectivity index (χ4v) is 0.216. The summed E-state index contributed by atoms with van der Waals surface area (Å²) >= 11 is 0. The second-order valence-corrected chi connectivity index (χ2v) is 1.83. The summed E-state index contributed by atoms with van der Waals surface area (Å²) in [5, 5.41) is 0. The molecule has 1 amide bonds. The molecule has 0 aliphatic carbocycles. The molecule has 2 N–H and O–H groups in total. The van der Waals surface area contributed by atoms with Gasteiger partial charge in [0.15, 0.2) is 0 Å². The van der Waals surface area contributed by atoms with Crippen LogP contribution in [0.25, 0.3) is 0 Å². The summed E-state index contributed by atoms with van der Waals surface area (Å²) in [6.45, 7) is -0.0717. The first kappa shape index (κ1) is 9.19. The van der Waals surface area contributed by atoms with E-state index in [1.165, 1.54) is 0 Å². The molecule has 0 aromatic heterocycles. The molecule has 0 saturated heterocycles. The predicted octanol–water partition coefficient (Wildman–Crippen LogP) is 0.762. The highest BCUT2D eigenvalue weighted by atomic mass is 19.3. The van der Waals surface area contributed by atoms with Gasteiger partial charge in [-0.3, -0.25) is 4.79 Å². The number of primary amides is 1. The normalized spacial score (nSPS) is 13.3. The summed E-state index contributed by atoms with van der Waals surface area (Å²) in [6, 6.07) is 0. The molecule has 60 valence electrons. The molecule has 2 nitrogen and oxygen atoms in total. The van der Waals surface area contributed by atoms with Gasteiger partial charge in [0.05, 0.1) is 0 Å². The number of carbonyl (C=O) groups excluding carboxylic acids is 1. The molecular formula is C4H5F4NO. The van der Waals surface area contributed by atoms with E-state index in [0.717, 1.165) is 0 Å². The summed E-state index contributed by atoms with van der Waals surface area (Å²) in [4.78, 5) is 9.66. The molecule has 0 saturated carbocycles. The average Bonchev–Trinajstić information content (AvgIpc) is 1.62. The molecular weight excluding hydrogens is 154 g/mol. The van der Waals surface area contributed by atoms with E-state index in [4.69, 9.17) is 0 Å². The maximum atomic E-state index is 11.8. The Kier molecular flexibility index (Phi) is 1.93. The minimum Gasteiger partial charge on any atom is -0.364 e. The number of halogens is 4. The zero-order valence-electron chi connectivity index (χ0n) is 5.00. The van der Waals surface area contributed by atoms with Crippen LogP contribution in [-0.4, -0.2) is 17.8 Å². The third-order valence-corrected chi connectivity index (χ3v) is 0.861. The van der Waals surface area contributed by atoms with Gasteiger partial charge in [0, 0.05) is 6.92 Å². The maximum absolute atomic E-state index is 11.8. The van der Waals surface area contributed by atoms with E-state index in [0.29, 0.717) is 0 Å². The van der Waals surface area contributed by atoms with Gasteiger partial charge in [0.25, 0.3) is 5.91 Å². The van der Waals surface area contributed by atoms with Gasteiger partial charge in [-0.15, -0.1) is 0 Å². The first-order valence-electron chi connectivity index (χ1n) is 2.25. The predicted molar refractivity (Wildman–Crippen MR) is 24.8 cm³/mol. The number of rotatable bonds is 2. The number of amides is 1. The first-order valence-corrected chi connectivity index (χ1v) is 2.25. The van der Waals surface area contributed by atoms with E-state index in [9.17, 15) is 22.4 Å². The fourth-order valence-electron chi connectivity index (χ4n) is 0.216. The minimum absolute atomic E-state index is 0.0717. The first-order chi connectivity index (χ1) is 4.19. The Bertz CT molecular complexity index is 150. The summed E-state index contributed by atoms with van der Waals surface area (Å²) in [7, 11) is 0. The van der Waals surface area contributed by atoms with Crippen LogP contribution in [0.4, 0.5) is 17.6 Å². The van der Waals surface area contributed by atoms with Crippen LogP contribution < -0.4 is 5.73 Å². The topological polar surface area (TPSA) is 43.1 Å². The van der Waals surface area contributed by atoms with Crippen LogP contribution in [0, 0.1) is 0 Å². The molecule has 0 radical (unpaired) electrons. The molecule has 0 fully saturated rings. The summed E-state index contributed by atoms with van der Waals surface area (Å²) < 4.78 is 47.1. The molecule has 0 aliphatic rings. The number of carbonyl (C=O) groups is 1. The maximum Gasteiger partial charge on any atom is 0.385 e. The lowest BCUT2D eigenvalue weighted by Gasteiger charge is -2.18. The molecule has 0 spiro atoms. The zero-order chi connectivity index (χ0) is 8.58. The van der Waals surface area contributed by atoms with Gasteiger partial charge in [-0.25, -0.2) is 0 Å².